The van der Waals surface area contributed by atoms with Crippen LogP contribution < -0.4 is 5.46 Å². The number of rotatable bonds is 1. The molecule has 0 aromatic heterocycles. The molecule has 60 valence electrons. The Labute approximate surface area is 71.6 Å². The molecular formula is C9H9BO2. The fourth-order valence-electron chi connectivity index (χ4n) is 1.46. The van der Waals surface area contributed by atoms with Crippen molar-refractivity contribution in [2.45, 2.75) is 6.10 Å². The molecule has 1 aliphatic rings. The van der Waals surface area contributed by atoms with Crippen molar-refractivity contribution in [3.8, 4) is 0 Å². The van der Waals surface area contributed by atoms with E-state index in [1.54, 1.807) is 6.08 Å². The van der Waals surface area contributed by atoms with Crippen LogP contribution in [0.1, 0.15) is 11.7 Å². The summed E-state index contributed by atoms with van der Waals surface area (Å²) >= 11 is 0. The largest absolute Gasteiger partial charge is 0.492 e. The molecular weight excluding hydrogens is 151 g/mol. The van der Waals surface area contributed by atoms with Crippen LogP contribution in [-0.2, 0) is 4.65 Å². The van der Waals surface area contributed by atoms with Gasteiger partial charge in [-0.05, 0) is 11.0 Å². The molecule has 0 unspecified atom stereocenters. The van der Waals surface area contributed by atoms with Crippen LogP contribution in [0.2, 0.25) is 0 Å². The highest BCUT2D eigenvalue weighted by Gasteiger charge is 2.32. The second kappa shape index (κ2) is 2.77. The Kier molecular flexibility index (Phi) is 1.75. The van der Waals surface area contributed by atoms with Crippen LogP contribution >= 0.6 is 0 Å². The molecule has 0 saturated carbocycles. The van der Waals surface area contributed by atoms with E-state index in [4.69, 9.17) is 4.65 Å². The van der Waals surface area contributed by atoms with Crippen LogP contribution in [0, 0.1) is 0 Å². The molecule has 0 amide bonds. The second-order valence-electron chi connectivity index (χ2n) is 2.77. The summed E-state index contributed by atoms with van der Waals surface area (Å²) in [6, 6.07) is 7.62. The molecule has 2 nitrogen and oxygen atoms in total. The topological polar surface area (TPSA) is 29.5 Å². The first-order valence-electron chi connectivity index (χ1n) is 3.88. The fourth-order valence-corrected chi connectivity index (χ4v) is 1.46. The maximum atomic E-state index is 9.41. The molecule has 1 N–H and O–H groups in total. The number of fused-ring (bicyclic) bond motifs is 1. The van der Waals surface area contributed by atoms with Crippen LogP contribution in [0.3, 0.4) is 0 Å². The Hall–Kier alpha value is -1.06. The summed E-state index contributed by atoms with van der Waals surface area (Å²) in [6.45, 7) is 3.64. The minimum atomic E-state index is -0.788. The van der Waals surface area contributed by atoms with E-state index in [9.17, 15) is 5.02 Å². The molecule has 1 aromatic rings. The van der Waals surface area contributed by atoms with Crippen molar-refractivity contribution in [3.05, 3.63) is 42.5 Å². The van der Waals surface area contributed by atoms with E-state index < -0.39 is 7.12 Å². The monoisotopic (exact) mass is 160 g/mol. The van der Waals surface area contributed by atoms with Gasteiger partial charge in [0.05, 0.1) is 6.10 Å². The van der Waals surface area contributed by atoms with E-state index in [1.165, 1.54) is 0 Å². The van der Waals surface area contributed by atoms with Gasteiger partial charge >= 0.3 is 7.12 Å². The van der Waals surface area contributed by atoms with Gasteiger partial charge in [0, 0.05) is 0 Å². The Morgan fingerprint density at radius 3 is 3.00 bits per heavy atom. The van der Waals surface area contributed by atoms with Gasteiger partial charge in [-0.3, -0.25) is 0 Å². The predicted octanol–water partition coefficient (Wildman–Crippen LogP) is 0.631. The summed E-state index contributed by atoms with van der Waals surface area (Å²) in [5, 5.41) is 9.41. The van der Waals surface area contributed by atoms with Crippen molar-refractivity contribution < 1.29 is 9.68 Å². The lowest BCUT2D eigenvalue weighted by atomic mass is 9.79. The first-order chi connectivity index (χ1) is 5.83. The average Bonchev–Trinajstić information content (AvgIpc) is 2.44. The van der Waals surface area contributed by atoms with Crippen LogP contribution in [0.25, 0.3) is 0 Å². The molecule has 1 aromatic carbocycles. The van der Waals surface area contributed by atoms with Crippen LogP contribution in [0.5, 0.6) is 0 Å². The molecule has 0 aliphatic carbocycles. The lowest BCUT2D eigenvalue weighted by Crippen LogP contribution is -2.27. The van der Waals surface area contributed by atoms with Gasteiger partial charge in [0.15, 0.2) is 0 Å². The molecule has 1 heterocycles. The van der Waals surface area contributed by atoms with Gasteiger partial charge in [0.2, 0.25) is 0 Å². The molecule has 3 heteroatoms. The first-order valence-corrected chi connectivity index (χ1v) is 3.88. The Balaban J connectivity index is 2.49. The van der Waals surface area contributed by atoms with Crippen molar-refractivity contribution in [2.75, 3.05) is 0 Å². The molecule has 0 bridgehead atoms. The van der Waals surface area contributed by atoms with Crippen molar-refractivity contribution in [1.82, 2.24) is 0 Å². The molecule has 1 aliphatic heterocycles. The van der Waals surface area contributed by atoms with E-state index in [-0.39, 0.29) is 6.10 Å². The SMILES string of the molecule is C=C[C@H]1OB(O)c2ccccc21. The van der Waals surface area contributed by atoms with Crippen LogP contribution in [0.4, 0.5) is 0 Å². The van der Waals surface area contributed by atoms with Crippen molar-refractivity contribution in [3.63, 3.8) is 0 Å². The maximum absolute atomic E-state index is 9.41. The van der Waals surface area contributed by atoms with Gasteiger partial charge in [0.25, 0.3) is 0 Å². The van der Waals surface area contributed by atoms with Crippen molar-refractivity contribution in [2.24, 2.45) is 0 Å². The second-order valence-corrected chi connectivity index (χ2v) is 2.77. The Morgan fingerprint density at radius 1 is 1.50 bits per heavy atom. The van der Waals surface area contributed by atoms with E-state index >= 15 is 0 Å². The summed E-state index contributed by atoms with van der Waals surface area (Å²) in [6.07, 6.45) is 1.53. The molecule has 12 heavy (non-hydrogen) atoms. The molecule has 1 atom stereocenters. The fraction of sp³-hybridized carbons (Fsp3) is 0.111. The van der Waals surface area contributed by atoms with Crippen molar-refractivity contribution >= 4 is 12.6 Å². The summed E-state index contributed by atoms with van der Waals surface area (Å²) in [5.41, 5.74) is 1.86. The first kappa shape index (κ1) is 7.59. The van der Waals surface area contributed by atoms with Gasteiger partial charge in [-0.15, -0.1) is 6.58 Å². The smallest absolute Gasteiger partial charge is 0.423 e. The zero-order valence-electron chi connectivity index (χ0n) is 6.60. The lowest BCUT2D eigenvalue weighted by Gasteiger charge is -2.03. The third-order valence-electron chi connectivity index (χ3n) is 2.06. The molecule has 0 radical (unpaired) electrons. The van der Waals surface area contributed by atoms with Crippen molar-refractivity contribution in [1.29, 1.82) is 0 Å². The zero-order valence-corrected chi connectivity index (χ0v) is 6.60. The van der Waals surface area contributed by atoms with Crippen LogP contribution in [-0.4, -0.2) is 12.1 Å². The Bertz CT molecular complexity index is 311. The number of hydrogen-bond acceptors (Lipinski definition) is 2. The van der Waals surface area contributed by atoms with Gasteiger partial charge in [-0.25, -0.2) is 0 Å². The van der Waals surface area contributed by atoms with E-state index in [2.05, 4.69) is 6.58 Å². The van der Waals surface area contributed by atoms with Gasteiger partial charge in [-0.1, -0.05) is 30.3 Å². The zero-order chi connectivity index (χ0) is 8.55. The van der Waals surface area contributed by atoms with Crippen LogP contribution in [0.15, 0.2) is 36.9 Å². The Morgan fingerprint density at radius 2 is 2.25 bits per heavy atom. The number of benzene rings is 1. The normalized spacial score (nSPS) is 20.8. The molecule has 0 spiro atoms. The van der Waals surface area contributed by atoms with Gasteiger partial charge in [-0.2, -0.15) is 0 Å². The number of hydrogen-bond donors (Lipinski definition) is 1. The van der Waals surface area contributed by atoms with Gasteiger partial charge < -0.3 is 9.68 Å². The maximum Gasteiger partial charge on any atom is 0.492 e. The van der Waals surface area contributed by atoms with E-state index in [1.807, 2.05) is 24.3 Å². The summed E-state index contributed by atoms with van der Waals surface area (Å²) < 4.78 is 5.22. The minimum absolute atomic E-state index is 0.156. The summed E-state index contributed by atoms with van der Waals surface area (Å²) in [4.78, 5) is 0. The van der Waals surface area contributed by atoms with E-state index in [0.717, 1.165) is 11.0 Å². The third-order valence-corrected chi connectivity index (χ3v) is 2.06. The highest BCUT2D eigenvalue weighted by Crippen LogP contribution is 2.23. The highest BCUT2D eigenvalue weighted by molar-refractivity contribution is 6.61. The van der Waals surface area contributed by atoms with E-state index in [0.29, 0.717) is 0 Å². The third kappa shape index (κ3) is 0.985. The predicted molar refractivity (Wildman–Crippen MR) is 48.1 cm³/mol. The highest BCUT2D eigenvalue weighted by atomic mass is 16.5. The minimum Gasteiger partial charge on any atom is -0.423 e. The summed E-state index contributed by atoms with van der Waals surface area (Å²) in [5.74, 6) is 0. The molecule has 0 fully saturated rings. The standard InChI is InChI=1S/C9H9BO2/c1-2-9-7-5-3-4-6-8(7)10(11)12-9/h2-6,9,11H,1H2/t9-/m1/s1. The van der Waals surface area contributed by atoms with Gasteiger partial charge in [0.1, 0.15) is 0 Å². The lowest BCUT2D eigenvalue weighted by molar-refractivity contribution is 0.234. The quantitative estimate of drug-likeness (QED) is 0.482. The average molecular weight is 160 g/mol. The molecule has 2 rings (SSSR count). The molecule has 0 saturated heterocycles. The summed E-state index contributed by atoms with van der Waals surface area (Å²) in [7, 11) is -0.788.